The van der Waals surface area contributed by atoms with Crippen LogP contribution >= 0.6 is 0 Å². The number of amides is 1. The molecule has 0 heterocycles. The average Bonchev–Trinajstić information content (AvgIpc) is 2.40. The fourth-order valence-corrected chi connectivity index (χ4v) is 1.45. The highest BCUT2D eigenvalue weighted by molar-refractivity contribution is 5.75. The molecule has 0 aliphatic carbocycles. The molecule has 1 amide bonds. The Hall–Kier alpha value is -1.95. The molecule has 1 aromatic rings. The number of unbranched alkanes of at least 4 members (excludes halogenated alkanes) is 2. The van der Waals surface area contributed by atoms with Gasteiger partial charge in [0.2, 0.25) is 5.91 Å². The third-order valence-corrected chi connectivity index (χ3v) is 2.41. The molecular formula is C15H19NO2. The van der Waals surface area contributed by atoms with Gasteiger partial charge in [-0.3, -0.25) is 4.79 Å². The molecule has 0 aliphatic heterocycles. The first-order chi connectivity index (χ1) is 8.83. The van der Waals surface area contributed by atoms with Crippen LogP contribution in [0.4, 0.5) is 0 Å². The lowest BCUT2D eigenvalue weighted by Gasteiger charge is -2.06. The number of benzene rings is 1. The second kappa shape index (κ2) is 9.12. The molecule has 0 aliphatic rings. The molecule has 0 radical (unpaired) electrons. The second-order valence-electron chi connectivity index (χ2n) is 3.92. The van der Waals surface area contributed by atoms with Crippen molar-refractivity contribution in [2.75, 3.05) is 13.2 Å². The first-order valence-electron chi connectivity index (χ1n) is 6.21. The van der Waals surface area contributed by atoms with E-state index in [1.807, 2.05) is 30.3 Å². The molecule has 1 N–H and O–H groups in total. The van der Waals surface area contributed by atoms with E-state index in [0.717, 1.165) is 25.0 Å². The summed E-state index contributed by atoms with van der Waals surface area (Å²) >= 11 is 0. The molecule has 0 saturated heterocycles. The number of rotatable bonds is 8. The fourth-order valence-electron chi connectivity index (χ4n) is 1.45. The zero-order valence-electron chi connectivity index (χ0n) is 10.5. The van der Waals surface area contributed by atoms with Crippen LogP contribution in [-0.4, -0.2) is 19.1 Å². The van der Waals surface area contributed by atoms with Crippen molar-refractivity contribution in [3.63, 3.8) is 0 Å². The van der Waals surface area contributed by atoms with E-state index < -0.39 is 0 Å². The van der Waals surface area contributed by atoms with E-state index >= 15 is 0 Å². The summed E-state index contributed by atoms with van der Waals surface area (Å²) < 4.78 is 5.43. The van der Waals surface area contributed by atoms with Gasteiger partial charge in [0, 0.05) is 13.0 Å². The molecule has 0 atom stereocenters. The van der Waals surface area contributed by atoms with Crippen molar-refractivity contribution >= 4 is 5.91 Å². The highest BCUT2D eigenvalue weighted by Gasteiger charge is 2.00. The van der Waals surface area contributed by atoms with Crippen LogP contribution in [0.3, 0.4) is 0 Å². The predicted octanol–water partition coefficient (Wildman–Crippen LogP) is 2.38. The molecule has 96 valence electrons. The summed E-state index contributed by atoms with van der Waals surface area (Å²) in [5.41, 5.74) is 0. The number of terminal acetylenes is 1. The number of para-hydroxylation sites is 1. The van der Waals surface area contributed by atoms with Crippen molar-refractivity contribution in [2.45, 2.75) is 25.7 Å². The molecule has 3 heteroatoms. The van der Waals surface area contributed by atoms with Gasteiger partial charge in [0.15, 0.2) is 0 Å². The Labute approximate surface area is 109 Å². The Kier molecular flexibility index (Phi) is 7.15. The fraction of sp³-hybridized carbons (Fsp3) is 0.400. The lowest BCUT2D eigenvalue weighted by molar-refractivity contribution is -0.121. The number of ether oxygens (including phenoxy) is 1. The number of hydrogen-bond donors (Lipinski definition) is 1. The van der Waals surface area contributed by atoms with Crippen molar-refractivity contribution in [1.82, 2.24) is 5.32 Å². The smallest absolute Gasteiger partial charge is 0.223 e. The van der Waals surface area contributed by atoms with Crippen LogP contribution in [-0.2, 0) is 4.79 Å². The molecule has 0 fully saturated rings. The first kappa shape index (κ1) is 14.1. The minimum Gasteiger partial charge on any atom is -0.493 e. The molecule has 0 bridgehead atoms. The van der Waals surface area contributed by atoms with E-state index in [-0.39, 0.29) is 5.91 Å². The molecule has 0 saturated carbocycles. The summed E-state index contributed by atoms with van der Waals surface area (Å²) in [5, 5.41) is 2.84. The zero-order valence-corrected chi connectivity index (χ0v) is 10.5. The summed E-state index contributed by atoms with van der Waals surface area (Å²) in [4.78, 5) is 11.4. The van der Waals surface area contributed by atoms with Crippen molar-refractivity contribution in [2.24, 2.45) is 0 Å². The predicted molar refractivity (Wildman–Crippen MR) is 72.2 cm³/mol. The van der Waals surface area contributed by atoms with Gasteiger partial charge in [-0.2, -0.15) is 0 Å². The van der Waals surface area contributed by atoms with Gasteiger partial charge in [0.05, 0.1) is 13.0 Å². The molecule has 18 heavy (non-hydrogen) atoms. The van der Waals surface area contributed by atoms with Crippen LogP contribution in [0.25, 0.3) is 0 Å². The zero-order chi connectivity index (χ0) is 13.1. The van der Waals surface area contributed by atoms with Gasteiger partial charge in [0.25, 0.3) is 0 Å². The maximum atomic E-state index is 11.4. The molecule has 1 aromatic carbocycles. The third kappa shape index (κ3) is 6.59. The Morgan fingerprint density at radius 1 is 1.28 bits per heavy atom. The van der Waals surface area contributed by atoms with E-state index in [2.05, 4.69) is 11.2 Å². The minimum atomic E-state index is 0.0200. The van der Waals surface area contributed by atoms with Gasteiger partial charge in [-0.15, -0.1) is 12.3 Å². The summed E-state index contributed by atoms with van der Waals surface area (Å²) in [6.45, 7) is 1.09. The number of carbonyl (C=O) groups is 1. The Morgan fingerprint density at radius 2 is 2.06 bits per heavy atom. The van der Waals surface area contributed by atoms with Crippen LogP contribution in [0.15, 0.2) is 30.3 Å². The largest absolute Gasteiger partial charge is 0.493 e. The van der Waals surface area contributed by atoms with Gasteiger partial charge in [-0.05, 0) is 25.0 Å². The van der Waals surface area contributed by atoms with Crippen molar-refractivity contribution < 1.29 is 9.53 Å². The Balaban J connectivity index is 2.02. The molecule has 0 spiro atoms. The minimum absolute atomic E-state index is 0.0200. The van der Waals surface area contributed by atoms with E-state index in [4.69, 9.17) is 11.2 Å². The van der Waals surface area contributed by atoms with Gasteiger partial charge in [0.1, 0.15) is 5.75 Å². The summed E-state index contributed by atoms with van der Waals surface area (Å²) in [7, 11) is 0. The van der Waals surface area contributed by atoms with Crippen LogP contribution in [0, 0.1) is 12.3 Å². The topological polar surface area (TPSA) is 38.3 Å². The van der Waals surface area contributed by atoms with E-state index in [1.165, 1.54) is 0 Å². The maximum absolute atomic E-state index is 11.4. The Bertz CT molecular complexity index is 381. The monoisotopic (exact) mass is 245 g/mol. The van der Waals surface area contributed by atoms with Gasteiger partial charge in [-0.25, -0.2) is 0 Å². The van der Waals surface area contributed by atoms with Crippen LogP contribution in [0.1, 0.15) is 25.7 Å². The number of nitrogens with one attached hydrogen (secondary N) is 1. The van der Waals surface area contributed by atoms with Crippen LogP contribution in [0.2, 0.25) is 0 Å². The summed E-state index contributed by atoms with van der Waals surface area (Å²) in [5.74, 6) is 3.39. The van der Waals surface area contributed by atoms with Gasteiger partial charge >= 0.3 is 0 Å². The summed E-state index contributed by atoms with van der Waals surface area (Å²) in [6, 6.07) is 9.48. The third-order valence-electron chi connectivity index (χ3n) is 2.41. The number of carbonyl (C=O) groups excluding carboxylic acids is 1. The van der Waals surface area contributed by atoms with Gasteiger partial charge in [-0.1, -0.05) is 18.2 Å². The highest BCUT2D eigenvalue weighted by Crippen LogP contribution is 2.08. The summed E-state index contributed by atoms with van der Waals surface area (Å²) in [6.07, 6.45) is 8.17. The van der Waals surface area contributed by atoms with Crippen LogP contribution < -0.4 is 10.1 Å². The maximum Gasteiger partial charge on any atom is 0.223 e. The quantitative estimate of drug-likeness (QED) is 0.564. The SMILES string of the molecule is C#CCCCCNC(=O)CCOc1ccccc1. The lowest BCUT2D eigenvalue weighted by atomic mass is 10.2. The Morgan fingerprint density at radius 3 is 2.78 bits per heavy atom. The van der Waals surface area contributed by atoms with Crippen LogP contribution in [0.5, 0.6) is 5.75 Å². The van der Waals surface area contributed by atoms with E-state index in [9.17, 15) is 4.79 Å². The molecule has 3 nitrogen and oxygen atoms in total. The standard InChI is InChI=1S/C15H19NO2/c1-2-3-4-8-12-16-15(17)11-13-18-14-9-6-5-7-10-14/h1,5-7,9-10H,3-4,8,11-13H2,(H,16,17). The first-order valence-corrected chi connectivity index (χ1v) is 6.21. The van der Waals surface area contributed by atoms with Crippen molar-refractivity contribution in [3.8, 4) is 18.1 Å². The van der Waals surface area contributed by atoms with Crippen molar-refractivity contribution in [1.29, 1.82) is 0 Å². The van der Waals surface area contributed by atoms with E-state index in [0.29, 0.717) is 19.6 Å². The van der Waals surface area contributed by atoms with Crippen molar-refractivity contribution in [3.05, 3.63) is 30.3 Å². The highest BCUT2D eigenvalue weighted by atomic mass is 16.5. The van der Waals surface area contributed by atoms with E-state index in [1.54, 1.807) is 0 Å². The normalized spacial score (nSPS) is 9.50. The second-order valence-corrected chi connectivity index (χ2v) is 3.92. The molecule has 0 aromatic heterocycles. The number of hydrogen-bond acceptors (Lipinski definition) is 2. The lowest BCUT2D eigenvalue weighted by Crippen LogP contribution is -2.25. The molecule has 0 unspecified atom stereocenters. The van der Waals surface area contributed by atoms with Gasteiger partial charge < -0.3 is 10.1 Å². The average molecular weight is 245 g/mol. The molecule has 1 rings (SSSR count). The molecular weight excluding hydrogens is 226 g/mol.